The highest BCUT2D eigenvalue weighted by Crippen LogP contribution is 1.75. The Balaban J connectivity index is 2.77. The van der Waals surface area contributed by atoms with Gasteiger partial charge in [0.15, 0.2) is 6.21 Å². The van der Waals surface area contributed by atoms with E-state index in [0.29, 0.717) is 0 Å². The number of nitrogens with zero attached hydrogens (tertiary/aromatic N) is 2. The minimum atomic E-state index is 1.44. The highest BCUT2D eigenvalue weighted by molar-refractivity contribution is 5.82. The van der Waals surface area contributed by atoms with Crippen LogP contribution in [0.4, 0.5) is 0 Å². The molecule has 0 amide bonds. The molecule has 1 rings (SSSR count). The van der Waals surface area contributed by atoms with E-state index < -0.39 is 0 Å². The van der Waals surface area contributed by atoms with Crippen LogP contribution in [-0.2, 0) is 0 Å². The lowest BCUT2D eigenvalue weighted by molar-refractivity contribution is 1.54. The monoisotopic (exact) mass is 79.0 g/mol. The summed E-state index contributed by atoms with van der Waals surface area (Å²) in [4.78, 5) is 7.19. The Kier molecular flexibility index (Phi) is 0.762. The quantitative estimate of drug-likeness (QED) is 0.377. The summed E-state index contributed by atoms with van der Waals surface area (Å²) in [6.45, 7) is 0. The molecule has 1 aliphatic rings. The van der Waals surface area contributed by atoms with Gasteiger partial charge < -0.3 is 0 Å². The Morgan fingerprint density at radius 2 is 2.50 bits per heavy atom. The first-order chi connectivity index (χ1) is 3.00. The van der Waals surface area contributed by atoms with Crippen molar-refractivity contribution < 1.29 is 0 Å². The third-order valence-electron chi connectivity index (χ3n) is 0.434. The standard InChI is InChI=1S/C4H3N2/c1-2-5-4-6-3-1/h1-2,4H/q+1. The van der Waals surface area contributed by atoms with E-state index in [9.17, 15) is 0 Å². The summed E-state index contributed by atoms with van der Waals surface area (Å²) in [6, 6.07) is 0. The van der Waals surface area contributed by atoms with E-state index in [1.165, 1.54) is 6.34 Å². The third kappa shape index (κ3) is 0.476. The molecule has 0 bridgehead atoms. The normalized spacial score (nSPS) is 14.7. The predicted octanol–water partition coefficient (Wildman–Crippen LogP) is 0.490. The van der Waals surface area contributed by atoms with Gasteiger partial charge >= 0.3 is 0 Å². The number of hydrogen-bond acceptors (Lipinski definition) is 2. The summed E-state index contributed by atoms with van der Waals surface area (Å²) < 4.78 is 0. The van der Waals surface area contributed by atoms with Crippen LogP contribution in [0.1, 0.15) is 0 Å². The lowest BCUT2D eigenvalue weighted by Crippen LogP contribution is -1.71. The van der Waals surface area contributed by atoms with E-state index in [2.05, 4.69) is 16.2 Å². The predicted molar refractivity (Wildman–Crippen MR) is 25.1 cm³/mol. The summed E-state index contributed by atoms with van der Waals surface area (Å²) >= 11 is 0. The van der Waals surface area contributed by atoms with E-state index >= 15 is 0 Å². The van der Waals surface area contributed by atoms with Gasteiger partial charge in [-0.1, -0.05) is 4.99 Å². The summed E-state index contributed by atoms with van der Waals surface area (Å²) in [5, 5.41) is 0. The van der Waals surface area contributed by atoms with Crippen LogP contribution in [0.2, 0.25) is 0 Å². The summed E-state index contributed by atoms with van der Waals surface area (Å²) in [5.41, 5.74) is 0. The zero-order valence-corrected chi connectivity index (χ0v) is 3.13. The number of rotatable bonds is 0. The molecule has 0 aromatic heterocycles. The van der Waals surface area contributed by atoms with Gasteiger partial charge in [-0.2, -0.15) is 0 Å². The van der Waals surface area contributed by atoms with Gasteiger partial charge in [0, 0.05) is 0 Å². The van der Waals surface area contributed by atoms with Crippen LogP contribution in [-0.4, -0.2) is 12.6 Å². The van der Waals surface area contributed by atoms with Crippen LogP contribution in [0.5, 0.6) is 0 Å². The molecule has 0 fully saturated rings. The third-order valence-corrected chi connectivity index (χ3v) is 0.434. The molecule has 0 aliphatic carbocycles. The average molecular weight is 79.1 g/mol. The van der Waals surface area contributed by atoms with Crippen LogP contribution >= 0.6 is 0 Å². The van der Waals surface area contributed by atoms with Gasteiger partial charge in [-0.05, 0) is 0 Å². The molecule has 0 saturated carbocycles. The Morgan fingerprint density at radius 1 is 1.50 bits per heavy atom. The van der Waals surface area contributed by atoms with Crippen LogP contribution in [0.15, 0.2) is 22.3 Å². The van der Waals surface area contributed by atoms with Gasteiger partial charge in [0.05, 0.1) is 0 Å². The summed E-state index contributed by atoms with van der Waals surface area (Å²) in [6.07, 6.45) is 7.31. The maximum atomic E-state index is 3.64. The van der Waals surface area contributed by atoms with Crippen molar-refractivity contribution >= 4 is 12.6 Å². The molecule has 0 aromatic carbocycles. The fraction of sp³-hybridized carbons (Fsp3) is 0. The smallest absolute Gasteiger partial charge is 0.114 e. The van der Waals surface area contributed by atoms with E-state index in [4.69, 9.17) is 0 Å². The summed E-state index contributed by atoms with van der Waals surface area (Å²) in [7, 11) is 0. The molecule has 2 nitrogen and oxygen atoms in total. The first-order valence-corrected chi connectivity index (χ1v) is 1.62. The molecule has 6 heavy (non-hydrogen) atoms. The molecule has 28 valence electrons. The zero-order chi connectivity index (χ0) is 4.24. The average Bonchev–Trinajstić information content (AvgIpc) is 1.72. The molecular weight excluding hydrogens is 76.1 g/mol. The molecule has 0 unspecified atom stereocenters. The minimum absolute atomic E-state index is 1.44. The Bertz CT molecular complexity index is 74.9. The molecule has 0 spiro atoms. The lowest BCUT2D eigenvalue weighted by atomic mass is 10.6. The fourth-order valence-corrected chi connectivity index (χ4v) is 0.225. The van der Waals surface area contributed by atoms with Crippen molar-refractivity contribution in [2.24, 2.45) is 9.98 Å². The Morgan fingerprint density at radius 3 is 2.67 bits per heavy atom. The Labute approximate surface area is 35.9 Å². The van der Waals surface area contributed by atoms with Gasteiger partial charge in [-0.3, -0.25) is 0 Å². The van der Waals surface area contributed by atoms with Crippen molar-refractivity contribution in [3.8, 4) is 0 Å². The van der Waals surface area contributed by atoms with Gasteiger partial charge in [-0.25, -0.2) is 0 Å². The van der Waals surface area contributed by atoms with E-state index in [1.807, 2.05) is 0 Å². The van der Waals surface area contributed by atoms with Crippen molar-refractivity contribution in [2.75, 3.05) is 0 Å². The second-order valence-corrected chi connectivity index (χ2v) is 0.838. The molecular formula is C4H3N2+. The SMILES string of the molecule is [C+]1=NC=NC=C1. The van der Waals surface area contributed by atoms with Gasteiger partial charge in [0.25, 0.3) is 0 Å². The fourth-order valence-electron chi connectivity index (χ4n) is 0.225. The number of allylic oxidation sites excluding steroid dienone is 1. The first-order valence-electron chi connectivity index (χ1n) is 1.62. The van der Waals surface area contributed by atoms with Crippen LogP contribution in [0.3, 0.4) is 0 Å². The molecule has 1 heterocycles. The second kappa shape index (κ2) is 1.43. The van der Waals surface area contributed by atoms with Crippen LogP contribution in [0.25, 0.3) is 0 Å². The highest BCUT2D eigenvalue weighted by atomic mass is 14.8. The van der Waals surface area contributed by atoms with Crippen LogP contribution < -0.4 is 0 Å². The van der Waals surface area contributed by atoms with Gasteiger partial charge in [0.1, 0.15) is 12.3 Å². The van der Waals surface area contributed by atoms with E-state index in [0.717, 1.165) is 0 Å². The van der Waals surface area contributed by atoms with Crippen molar-refractivity contribution in [1.29, 1.82) is 0 Å². The Hall–Kier alpha value is -1.01. The van der Waals surface area contributed by atoms with Gasteiger partial charge in [0.2, 0.25) is 6.34 Å². The second-order valence-electron chi connectivity index (χ2n) is 0.838. The largest absolute Gasteiger partial charge is 0.235 e. The minimum Gasteiger partial charge on any atom is -0.114 e. The van der Waals surface area contributed by atoms with E-state index in [-0.39, 0.29) is 0 Å². The molecule has 2 heteroatoms. The summed E-state index contributed by atoms with van der Waals surface area (Å²) in [5.74, 6) is 0. The maximum absolute atomic E-state index is 3.64. The van der Waals surface area contributed by atoms with Crippen molar-refractivity contribution in [3.05, 3.63) is 12.3 Å². The first kappa shape index (κ1) is 3.19. The molecule has 1 aliphatic heterocycles. The molecule has 0 atom stereocenters. The van der Waals surface area contributed by atoms with Crippen LogP contribution in [0, 0.1) is 0 Å². The zero-order valence-electron chi connectivity index (χ0n) is 3.13. The molecule has 0 saturated heterocycles. The number of aliphatic imine (C=N–C) groups is 2. The van der Waals surface area contributed by atoms with E-state index in [1.54, 1.807) is 12.3 Å². The van der Waals surface area contributed by atoms with Crippen molar-refractivity contribution in [3.63, 3.8) is 0 Å². The van der Waals surface area contributed by atoms with Gasteiger partial charge in [-0.15, -0.1) is 4.99 Å². The molecule has 0 aromatic rings. The molecule has 0 N–H and O–H groups in total. The highest BCUT2D eigenvalue weighted by Gasteiger charge is 1.80. The van der Waals surface area contributed by atoms with Crippen molar-refractivity contribution in [1.82, 2.24) is 0 Å². The molecule has 0 radical (unpaired) electrons. The topological polar surface area (TPSA) is 24.7 Å². The van der Waals surface area contributed by atoms with Crippen molar-refractivity contribution in [2.45, 2.75) is 0 Å². The number of hydrogen-bond donors (Lipinski definition) is 0. The maximum Gasteiger partial charge on any atom is 0.235 e. The lowest BCUT2D eigenvalue weighted by Gasteiger charge is -1.63.